The molecule has 1 atom stereocenters. The van der Waals surface area contributed by atoms with Crippen LogP contribution in [0.4, 0.5) is 4.39 Å². The third-order valence-corrected chi connectivity index (χ3v) is 4.61. The van der Waals surface area contributed by atoms with Gasteiger partial charge in [0.2, 0.25) is 0 Å². The molecule has 20 heavy (non-hydrogen) atoms. The first-order valence-electron chi connectivity index (χ1n) is 7.86. The largest absolute Gasteiger partial charge is 0.314 e. The van der Waals surface area contributed by atoms with E-state index in [1.54, 1.807) is 12.1 Å². The molecular formula is C17H25ClFN. The predicted octanol–water partition coefficient (Wildman–Crippen LogP) is 4.97. The van der Waals surface area contributed by atoms with Crippen molar-refractivity contribution in [3.63, 3.8) is 0 Å². The first kappa shape index (κ1) is 15.8. The lowest BCUT2D eigenvalue weighted by Gasteiger charge is -2.27. The maximum absolute atomic E-state index is 13.5. The maximum atomic E-state index is 13.5. The van der Waals surface area contributed by atoms with Crippen LogP contribution in [0.3, 0.4) is 0 Å². The van der Waals surface area contributed by atoms with Gasteiger partial charge in [0.05, 0.1) is 5.02 Å². The molecule has 1 aromatic carbocycles. The van der Waals surface area contributed by atoms with Gasteiger partial charge < -0.3 is 5.32 Å². The second-order valence-electron chi connectivity index (χ2n) is 5.95. The van der Waals surface area contributed by atoms with Crippen LogP contribution in [0.25, 0.3) is 0 Å². The molecule has 1 aliphatic carbocycles. The zero-order valence-electron chi connectivity index (χ0n) is 12.3. The van der Waals surface area contributed by atoms with Crippen LogP contribution in [0.2, 0.25) is 5.02 Å². The van der Waals surface area contributed by atoms with Crippen molar-refractivity contribution in [2.75, 3.05) is 6.54 Å². The molecule has 1 aromatic rings. The molecule has 0 heterocycles. The molecule has 1 unspecified atom stereocenters. The van der Waals surface area contributed by atoms with Crippen molar-refractivity contribution in [1.29, 1.82) is 0 Å². The monoisotopic (exact) mass is 297 g/mol. The Balaban J connectivity index is 1.94. The van der Waals surface area contributed by atoms with Crippen LogP contribution >= 0.6 is 11.6 Å². The summed E-state index contributed by atoms with van der Waals surface area (Å²) in [5.74, 6) is 0.530. The third kappa shape index (κ3) is 4.75. The summed E-state index contributed by atoms with van der Waals surface area (Å²) >= 11 is 5.74. The van der Waals surface area contributed by atoms with Crippen molar-refractivity contribution in [2.45, 2.75) is 57.9 Å². The molecule has 0 bridgehead atoms. The average molecular weight is 298 g/mol. The summed E-state index contributed by atoms with van der Waals surface area (Å²) in [6.45, 7) is 3.10. The molecule has 0 saturated heterocycles. The van der Waals surface area contributed by atoms with Gasteiger partial charge in [-0.15, -0.1) is 0 Å². The third-order valence-electron chi connectivity index (χ3n) is 4.30. The summed E-state index contributed by atoms with van der Waals surface area (Å²) in [7, 11) is 0. The molecule has 0 spiro atoms. The van der Waals surface area contributed by atoms with Crippen LogP contribution in [0.15, 0.2) is 18.2 Å². The molecule has 0 amide bonds. The molecular weight excluding hydrogens is 273 g/mol. The predicted molar refractivity (Wildman–Crippen MR) is 83.8 cm³/mol. The van der Waals surface area contributed by atoms with E-state index in [0.29, 0.717) is 6.04 Å². The van der Waals surface area contributed by atoms with E-state index in [1.165, 1.54) is 38.5 Å². The number of rotatable bonds is 6. The van der Waals surface area contributed by atoms with E-state index in [9.17, 15) is 4.39 Å². The number of hydrogen-bond donors (Lipinski definition) is 1. The van der Waals surface area contributed by atoms with E-state index in [4.69, 9.17) is 11.6 Å². The van der Waals surface area contributed by atoms with Crippen LogP contribution in [0.1, 0.15) is 51.0 Å². The molecule has 1 aliphatic rings. The summed E-state index contributed by atoms with van der Waals surface area (Å²) in [6, 6.07) is 5.63. The van der Waals surface area contributed by atoms with Crippen molar-refractivity contribution in [1.82, 2.24) is 5.32 Å². The molecule has 1 N–H and O–H groups in total. The van der Waals surface area contributed by atoms with Gasteiger partial charge in [0.15, 0.2) is 0 Å². The summed E-state index contributed by atoms with van der Waals surface area (Å²) in [6.07, 6.45) is 8.95. The fourth-order valence-corrected chi connectivity index (χ4v) is 3.42. The number of hydrogen-bond acceptors (Lipinski definition) is 1. The molecule has 3 heteroatoms. The number of benzene rings is 1. The lowest BCUT2D eigenvalue weighted by molar-refractivity contribution is 0.298. The Bertz CT molecular complexity index is 415. The Hall–Kier alpha value is -0.600. The van der Waals surface area contributed by atoms with Crippen LogP contribution < -0.4 is 5.32 Å². The van der Waals surface area contributed by atoms with Gasteiger partial charge in [-0.3, -0.25) is 0 Å². The van der Waals surface area contributed by atoms with Crippen molar-refractivity contribution in [3.05, 3.63) is 34.6 Å². The summed E-state index contributed by atoms with van der Waals surface area (Å²) in [4.78, 5) is 0. The molecule has 1 nitrogen and oxygen atoms in total. The highest BCUT2D eigenvalue weighted by molar-refractivity contribution is 6.30. The van der Waals surface area contributed by atoms with E-state index < -0.39 is 0 Å². The Morgan fingerprint density at radius 3 is 2.70 bits per heavy atom. The number of likely N-dealkylation sites (N-methyl/N-ethyl adjacent to an activating group) is 1. The van der Waals surface area contributed by atoms with Gasteiger partial charge in [-0.25, -0.2) is 4.39 Å². The standard InChI is InChI=1S/C17H25ClFN/c1-2-20-15(10-13-6-4-3-5-7-13)11-14-8-9-16(18)17(19)12-14/h8-9,12-13,15,20H,2-7,10-11H2,1H3. The Kier molecular flexibility index (Phi) is 6.31. The lowest BCUT2D eigenvalue weighted by Crippen LogP contribution is -2.33. The van der Waals surface area contributed by atoms with E-state index in [2.05, 4.69) is 12.2 Å². The van der Waals surface area contributed by atoms with Gasteiger partial charge in [0.25, 0.3) is 0 Å². The fraction of sp³-hybridized carbons (Fsp3) is 0.647. The van der Waals surface area contributed by atoms with Crippen molar-refractivity contribution >= 4 is 11.6 Å². The first-order valence-corrected chi connectivity index (χ1v) is 8.24. The topological polar surface area (TPSA) is 12.0 Å². The number of nitrogens with one attached hydrogen (secondary N) is 1. The second-order valence-corrected chi connectivity index (χ2v) is 6.35. The van der Waals surface area contributed by atoms with Crippen molar-refractivity contribution in [2.24, 2.45) is 5.92 Å². The van der Waals surface area contributed by atoms with Gasteiger partial charge in [-0.1, -0.05) is 56.7 Å². The van der Waals surface area contributed by atoms with Crippen LogP contribution in [0, 0.1) is 11.7 Å². The quantitative estimate of drug-likeness (QED) is 0.781. The zero-order valence-corrected chi connectivity index (χ0v) is 13.1. The van der Waals surface area contributed by atoms with Gasteiger partial charge >= 0.3 is 0 Å². The molecule has 1 fully saturated rings. The van der Waals surface area contributed by atoms with Crippen LogP contribution in [-0.4, -0.2) is 12.6 Å². The Labute approximate surface area is 126 Å². The minimum atomic E-state index is -0.308. The zero-order chi connectivity index (χ0) is 14.4. The summed E-state index contributed by atoms with van der Waals surface area (Å²) in [5, 5.41) is 3.77. The van der Waals surface area contributed by atoms with Gasteiger partial charge in [-0.2, -0.15) is 0 Å². The lowest BCUT2D eigenvalue weighted by atomic mass is 9.83. The molecule has 0 aromatic heterocycles. The van der Waals surface area contributed by atoms with Crippen LogP contribution in [0.5, 0.6) is 0 Å². The summed E-state index contributed by atoms with van der Waals surface area (Å²) in [5.41, 5.74) is 1.04. The highest BCUT2D eigenvalue weighted by Crippen LogP contribution is 2.28. The first-order chi connectivity index (χ1) is 9.69. The van der Waals surface area contributed by atoms with Crippen LogP contribution in [-0.2, 0) is 6.42 Å². The van der Waals surface area contributed by atoms with E-state index >= 15 is 0 Å². The van der Waals surface area contributed by atoms with Gasteiger partial charge in [0, 0.05) is 6.04 Å². The highest BCUT2D eigenvalue weighted by atomic mass is 35.5. The molecule has 1 saturated carbocycles. The average Bonchev–Trinajstić information content (AvgIpc) is 2.44. The van der Waals surface area contributed by atoms with Gasteiger partial charge in [0.1, 0.15) is 5.82 Å². The van der Waals surface area contributed by atoms with Crippen molar-refractivity contribution in [3.8, 4) is 0 Å². The molecule has 2 rings (SSSR count). The fourth-order valence-electron chi connectivity index (χ4n) is 3.30. The van der Waals surface area contributed by atoms with E-state index in [0.717, 1.165) is 24.4 Å². The highest BCUT2D eigenvalue weighted by Gasteiger charge is 2.19. The molecule has 112 valence electrons. The Morgan fingerprint density at radius 1 is 1.30 bits per heavy atom. The Morgan fingerprint density at radius 2 is 2.05 bits per heavy atom. The summed E-state index contributed by atoms with van der Waals surface area (Å²) < 4.78 is 13.5. The maximum Gasteiger partial charge on any atom is 0.142 e. The SMILES string of the molecule is CCNC(Cc1ccc(Cl)c(F)c1)CC1CCCCC1. The molecule has 0 radical (unpaired) electrons. The normalized spacial score (nSPS) is 18.1. The van der Waals surface area contributed by atoms with E-state index in [1.807, 2.05) is 6.07 Å². The van der Waals surface area contributed by atoms with E-state index in [-0.39, 0.29) is 10.8 Å². The smallest absolute Gasteiger partial charge is 0.142 e. The minimum absolute atomic E-state index is 0.209. The van der Waals surface area contributed by atoms with Crippen molar-refractivity contribution < 1.29 is 4.39 Å². The second kappa shape index (κ2) is 7.99. The van der Waals surface area contributed by atoms with Gasteiger partial charge in [-0.05, 0) is 43.0 Å². The number of halogens is 2. The minimum Gasteiger partial charge on any atom is -0.314 e. The molecule has 0 aliphatic heterocycles.